The lowest BCUT2D eigenvalue weighted by Crippen LogP contribution is -2.30. The zero-order valence-electron chi connectivity index (χ0n) is 27.8. The summed E-state index contributed by atoms with van der Waals surface area (Å²) in [6, 6.07) is 9.88. The normalized spacial score (nSPS) is 16.3. The van der Waals surface area contributed by atoms with Crippen molar-refractivity contribution in [2.24, 2.45) is 20.7 Å². The molecule has 0 unspecified atom stereocenters. The van der Waals surface area contributed by atoms with Crippen molar-refractivity contribution in [1.29, 1.82) is 0 Å². The first-order chi connectivity index (χ1) is 23.6. The molecule has 1 saturated carbocycles. The van der Waals surface area contributed by atoms with E-state index in [0.717, 1.165) is 68.0 Å². The van der Waals surface area contributed by atoms with E-state index >= 15 is 0 Å². The summed E-state index contributed by atoms with van der Waals surface area (Å²) in [6.07, 6.45) is 16.8. The van der Waals surface area contributed by atoms with Crippen LogP contribution < -0.4 is 25.8 Å². The van der Waals surface area contributed by atoms with Gasteiger partial charge in [-0.1, -0.05) is 43.0 Å². The zero-order valence-corrected chi connectivity index (χ0v) is 28.5. The van der Waals surface area contributed by atoms with Crippen molar-refractivity contribution in [3.8, 4) is 11.6 Å². The number of aromatic nitrogens is 3. The van der Waals surface area contributed by atoms with Crippen LogP contribution in [0.5, 0.6) is 11.6 Å². The number of hydrogen-bond donors (Lipinski definition) is 3. The largest absolute Gasteiger partial charge is 0.487 e. The van der Waals surface area contributed by atoms with Gasteiger partial charge < -0.3 is 30.6 Å². The fraction of sp³-hybridized carbons (Fsp3) is 0.457. The Labute approximate surface area is 288 Å². The lowest BCUT2D eigenvalue weighted by atomic mass is 9.96. The van der Waals surface area contributed by atoms with E-state index in [1.807, 2.05) is 48.3 Å². The highest BCUT2D eigenvalue weighted by Gasteiger charge is 2.19. The van der Waals surface area contributed by atoms with Gasteiger partial charge in [-0.3, -0.25) is 24.6 Å². The molecule has 4 N–H and O–H groups in total. The van der Waals surface area contributed by atoms with Crippen molar-refractivity contribution in [3.63, 3.8) is 0 Å². The van der Waals surface area contributed by atoms with Crippen LogP contribution in [0.25, 0.3) is 5.57 Å². The van der Waals surface area contributed by atoms with E-state index in [0.29, 0.717) is 42.5 Å². The van der Waals surface area contributed by atoms with Crippen LogP contribution in [0.1, 0.15) is 56.2 Å². The van der Waals surface area contributed by atoms with Crippen molar-refractivity contribution in [2.45, 2.75) is 57.6 Å². The lowest BCUT2D eigenvalue weighted by molar-refractivity contribution is 0.109. The zero-order chi connectivity index (χ0) is 33.8. The number of morpholine rings is 1. The lowest BCUT2D eigenvalue weighted by Gasteiger charge is -2.21. The van der Waals surface area contributed by atoms with Gasteiger partial charge in [0.25, 0.3) is 5.88 Å². The predicted molar refractivity (Wildman–Crippen MR) is 195 cm³/mol. The summed E-state index contributed by atoms with van der Waals surface area (Å²) < 4.78 is 19.2. The summed E-state index contributed by atoms with van der Waals surface area (Å²) in [7, 11) is 0. The number of nitrogens with zero attached hydrogens (tertiary/aromatic N) is 6. The number of rotatable bonds is 15. The molecule has 2 fully saturated rings. The Morgan fingerprint density at radius 2 is 2.06 bits per heavy atom. The van der Waals surface area contributed by atoms with Gasteiger partial charge in [-0.15, -0.1) is 5.10 Å². The van der Waals surface area contributed by atoms with E-state index in [4.69, 9.17) is 36.6 Å². The summed E-state index contributed by atoms with van der Waals surface area (Å²) in [5.41, 5.74) is 8.87. The number of allylic oxidation sites excluding steroid dienone is 1. The molecule has 1 aliphatic carbocycles. The minimum atomic E-state index is -0.198. The number of pyridine rings is 1. The maximum Gasteiger partial charge on any atom is 0.256 e. The molecule has 2 aliphatic rings. The highest BCUT2D eigenvalue weighted by molar-refractivity contribution is 6.32. The third-order valence-electron chi connectivity index (χ3n) is 7.73. The molecule has 2 aromatic heterocycles. The van der Waals surface area contributed by atoms with Gasteiger partial charge in [0.1, 0.15) is 24.2 Å². The maximum absolute atomic E-state index is 6.38. The minimum Gasteiger partial charge on any atom is -0.487 e. The Morgan fingerprint density at radius 1 is 1.23 bits per heavy atom. The molecular formula is C35H48ClN9O3. The molecule has 0 amide bonds. The van der Waals surface area contributed by atoms with Crippen LogP contribution in [-0.4, -0.2) is 86.3 Å². The van der Waals surface area contributed by atoms with Gasteiger partial charge in [0, 0.05) is 49.9 Å². The van der Waals surface area contributed by atoms with Gasteiger partial charge in [-0.25, -0.2) is 0 Å². The van der Waals surface area contributed by atoms with Crippen LogP contribution >= 0.6 is 11.6 Å². The molecule has 3 heterocycles. The smallest absolute Gasteiger partial charge is 0.256 e. The number of aliphatic imine (C=N–C) groups is 3. The molecule has 3 aromatic rings. The Hall–Kier alpha value is -4.26. The van der Waals surface area contributed by atoms with E-state index < -0.39 is 0 Å². The number of ether oxygens (including phenoxy) is 3. The second-order valence-electron chi connectivity index (χ2n) is 11.4. The molecule has 1 aromatic carbocycles. The van der Waals surface area contributed by atoms with Crippen molar-refractivity contribution >= 4 is 42.1 Å². The Kier molecular flexibility index (Phi) is 15.9. The molecule has 1 aliphatic heterocycles. The minimum absolute atomic E-state index is 0.198. The van der Waals surface area contributed by atoms with Gasteiger partial charge in [-0.05, 0) is 55.8 Å². The Balaban J connectivity index is 0.000000780. The summed E-state index contributed by atoms with van der Waals surface area (Å²) in [5.74, 6) is 1.12. The van der Waals surface area contributed by atoms with Crippen molar-refractivity contribution < 1.29 is 14.2 Å². The molecule has 1 atom stereocenters. The highest BCUT2D eigenvalue weighted by Crippen LogP contribution is 2.32. The SMILES string of the molecule is C1COCCN1.C=N/C=C(\C=N/CNc1cn(C2CCCCC2)nc1OCCc1cccnc1)c1ccc(Cl)c(O[C@@H](C)CN=CN)c1. The number of halogens is 1. The van der Waals surface area contributed by atoms with Gasteiger partial charge in [0.15, 0.2) is 0 Å². The molecule has 12 nitrogen and oxygen atoms in total. The van der Waals surface area contributed by atoms with Crippen LogP contribution in [-0.2, 0) is 11.2 Å². The third kappa shape index (κ3) is 12.4. The fourth-order valence-electron chi connectivity index (χ4n) is 5.26. The molecule has 0 radical (unpaired) electrons. The standard InChI is InChI=1S/C31H39ClN8O2.C4H9NO/c1-23(16-36-21-33)42-30-15-25(10-11-28(30)32)26(18-34-2)19-37-22-38-29-20-40(27-8-4-3-5-9-27)39-31(29)41-14-12-24-7-6-13-35-17-24;1-3-6-4-2-5-1/h6-7,10-11,13,15,17-21,23,27,38H,2-5,8-9,12,14,16,22H2,1H3,(H2,33,36);5H,1-4H2/b26-18+,37-19-;/t23-;/m0./s1. The van der Waals surface area contributed by atoms with E-state index in [2.05, 4.69) is 37.3 Å². The number of nitrogens with two attached hydrogens (primary N) is 1. The molecular weight excluding hydrogens is 630 g/mol. The molecule has 48 heavy (non-hydrogen) atoms. The topological polar surface area (TPSA) is 146 Å². The first kappa shape index (κ1) is 36.6. The van der Waals surface area contributed by atoms with Crippen LogP contribution in [0.15, 0.2) is 70.1 Å². The average Bonchev–Trinajstić information content (AvgIpc) is 3.54. The first-order valence-electron chi connectivity index (χ1n) is 16.5. The molecule has 258 valence electrons. The molecule has 0 spiro atoms. The van der Waals surface area contributed by atoms with Gasteiger partial charge in [0.05, 0.1) is 50.0 Å². The molecule has 13 heteroatoms. The van der Waals surface area contributed by atoms with E-state index in [9.17, 15) is 0 Å². The van der Waals surface area contributed by atoms with E-state index in [-0.39, 0.29) is 6.10 Å². The van der Waals surface area contributed by atoms with Crippen molar-refractivity contribution in [1.82, 2.24) is 20.1 Å². The molecule has 1 saturated heterocycles. The summed E-state index contributed by atoms with van der Waals surface area (Å²) in [6.45, 7) is 10.6. The summed E-state index contributed by atoms with van der Waals surface area (Å²) in [4.78, 5) is 16.8. The fourth-order valence-corrected chi connectivity index (χ4v) is 5.42. The summed E-state index contributed by atoms with van der Waals surface area (Å²) >= 11 is 6.38. The number of hydrogen-bond acceptors (Lipinski definition) is 10. The van der Waals surface area contributed by atoms with Crippen molar-refractivity contribution in [3.05, 3.63) is 71.3 Å². The monoisotopic (exact) mass is 677 g/mol. The van der Waals surface area contributed by atoms with Crippen LogP contribution in [0.4, 0.5) is 5.69 Å². The first-order valence-corrected chi connectivity index (χ1v) is 16.9. The Morgan fingerprint density at radius 3 is 2.75 bits per heavy atom. The summed E-state index contributed by atoms with van der Waals surface area (Å²) in [5, 5.41) is 11.8. The van der Waals surface area contributed by atoms with Gasteiger partial charge >= 0.3 is 0 Å². The maximum atomic E-state index is 6.38. The van der Waals surface area contributed by atoms with E-state index in [1.165, 1.54) is 25.6 Å². The number of nitrogens with one attached hydrogen (secondary N) is 2. The predicted octanol–water partition coefficient (Wildman–Crippen LogP) is 5.60. The van der Waals surface area contributed by atoms with E-state index in [1.54, 1.807) is 24.7 Å². The van der Waals surface area contributed by atoms with Crippen LogP contribution in [0.3, 0.4) is 0 Å². The van der Waals surface area contributed by atoms with Crippen molar-refractivity contribution in [2.75, 3.05) is 51.4 Å². The van der Waals surface area contributed by atoms with Crippen LogP contribution in [0, 0.1) is 0 Å². The third-order valence-corrected chi connectivity index (χ3v) is 8.04. The van der Waals surface area contributed by atoms with Gasteiger partial charge in [0.2, 0.25) is 0 Å². The van der Waals surface area contributed by atoms with Gasteiger partial charge in [-0.2, -0.15) is 0 Å². The second kappa shape index (κ2) is 20.9. The number of anilines is 1. The second-order valence-corrected chi connectivity index (χ2v) is 11.9. The average molecular weight is 678 g/mol. The van der Waals surface area contributed by atoms with Crippen LogP contribution in [0.2, 0.25) is 5.02 Å². The quantitative estimate of drug-likeness (QED) is 0.139. The number of benzene rings is 1. The highest BCUT2D eigenvalue weighted by atomic mass is 35.5. The molecule has 0 bridgehead atoms. The molecule has 5 rings (SSSR count). The Bertz CT molecular complexity index is 1460.